The smallest absolute Gasteiger partial charge is 0.395 e. The van der Waals surface area contributed by atoms with E-state index in [1.54, 1.807) is 11.6 Å². The van der Waals surface area contributed by atoms with E-state index in [9.17, 15) is 10.1 Å². The van der Waals surface area contributed by atoms with E-state index >= 15 is 0 Å². The maximum absolute atomic E-state index is 10.5. The molecule has 0 aliphatic heterocycles. The second kappa shape index (κ2) is 4.97. The summed E-state index contributed by atoms with van der Waals surface area (Å²) in [5.74, 6) is 0.534. The Hall–Kier alpha value is -1.08. The van der Waals surface area contributed by atoms with Crippen molar-refractivity contribution in [3.05, 3.63) is 16.4 Å². The van der Waals surface area contributed by atoms with Gasteiger partial charge in [0, 0.05) is 19.4 Å². The van der Waals surface area contributed by atoms with Gasteiger partial charge in [-0.1, -0.05) is 11.8 Å². The summed E-state index contributed by atoms with van der Waals surface area (Å²) in [4.78, 5) is 13.7. The van der Waals surface area contributed by atoms with E-state index in [1.165, 1.54) is 18.1 Å². The summed E-state index contributed by atoms with van der Waals surface area (Å²) in [5.41, 5.74) is 0. The van der Waals surface area contributed by atoms with Crippen LogP contribution in [-0.4, -0.2) is 31.9 Å². The summed E-state index contributed by atoms with van der Waals surface area (Å²) in [6.45, 7) is 0.0959. The molecule has 0 radical (unpaired) electrons. The van der Waals surface area contributed by atoms with Crippen LogP contribution in [0.15, 0.2) is 11.4 Å². The van der Waals surface area contributed by atoms with Crippen molar-refractivity contribution in [2.75, 3.05) is 12.4 Å². The summed E-state index contributed by atoms with van der Waals surface area (Å²) < 4.78 is 1.61. The summed E-state index contributed by atoms with van der Waals surface area (Å²) in [7, 11) is 1.71. The molecule has 6 nitrogen and oxygen atoms in total. The molecule has 1 aromatic heterocycles. The molecule has 0 spiro atoms. The minimum absolute atomic E-state index is 0.0959. The zero-order valence-corrected chi connectivity index (χ0v) is 8.53. The van der Waals surface area contributed by atoms with E-state index < -0.39 is 4.92 Å². The lowest BCUT2D eigenvalue weighted by atomic mass is 10.5. The number of aryl methyl sites for hydroxylation is 1. The Morgan fingerprint density at radius 1 is 1.79 bits per heavy atom. The first kappa shape index (κ1) is 11.0. The van der Waals surface area contributed by atoms with Gasteiger partial charge < -0.3 is 19.8 Å². The number of rotatable bonds is 5. The van der Waals surface area contributed by atoms with Crippen molar-refractivity contribution in [3.8, 4) is 0 Å². The van der Waals surface area contributed by atoms with Crippen LogP contribution in [0.3, 0.4) is 0 Å². The molecule has 1 heterocycles. The van der Waals surface area contributed by atoms with Crippen LogP contribution in [0.5, 0.6) is 0 Å². The van der Waals surface area contributed by atoms with Gasteiger partial charge in [0.1, 0.15) is 0 Å². The predicted molar refractivity (Wildman–Crippen MR) is 52.3 cm³/mol. The lowest BCUT2D eigenvalue weighted by Crippen LogP contribution is -1.95. The summed E-state index contributed by atoms with van der Waals surface area (Å²) in [6, 6.07) is 0. The molecule has 0 bridgehead atoms. The molecule has 14 heavy (non-hydrogen) atoms. The van der Waals surface area contributed by atoms with Gasteiger partial charge in [0.05, 0.1) is 0 Å². The van der Waals surface area contributed by atoms with Gasteiger partial charge in [-0.25, -0.2) is 0 Å². The summed E-state index contributed by atoms with van der Waals surface area (Å²) >= 11 is 1.33. The van der Waals surface area contributed by atoms with E-state index in [1.807, 2.05) is 0 Å². The second-order valence-electron chi connectivity index (χ2n) is 2.67. The third kappa shape index (κ3) is 2.46. The van der Waals surface area contributed by atoms with E-state index in [0.717, 1.165) is 0 Å². The molecule has 1 aromatic rings. The first-order chi connectivity index (χ1) is 6.66. The highest BCUT2D eigenvalue weighted by atomic mass is 32.2. The fourth-order valence-electron chi connectivity index (χ4n) is 0.932. The number of nitrogens with zero attached hydrogens (tertiary/aromatic N) is 3. The Balaban J connectivity index is 2.72. The zero-order chi connectivity index (χ0) is 10.6. The standard InChI is InChI=1S/C7H11N3O3S/c1-9-5-8-6(10(12)13)7(9)14-4-2-3-11/h5,11H,2-4H2,1H3. The van der Waals surface area contributed by atoms with E-state index in [-0.39, 0.29) is 12.4 Å². The highest BCUT2D eigenvalue weighted by Gasteiger charge is 2.19. The minimum atomic E-state index is -0.499. The number of aromatic nitrogens is 2. The molecular formula is C7H11N3O3S. The number of imidazole rings is 1. The average Bonchev–Trinajstić information content (AvgIpc) is 2.48. The Kier molecular flexibility index (Phi) is 3.90. The molecule has 78 valence electrons. The van der Waals surface area contributed by atoms with E-state index in [0.29, 0.717) is 17.2 Å². The Morgan fingerprint density at radius 2 is 2.50 bits per heavy atom. The van der Waals surface area contributed by atoms with Gasteiger partial charge in [0.2, 0.25) is 6.33 Å². The normalized spacial score (nSPS) is 10.4. The first-order valence-corrected chi connectivity index (χ1v) is 5.04. The molecule has 0 amide bonds. The first-order valence-electron chi connectivity index (χ1n) is 4.06. The third-order valence-corrected chi connectivity index (χ3v) is 2.82. The molecule has 0 fully saturated rings. The fraction of sp³-hybridized carbons (Fsp3) is 0.571. The Morgan fingerprint density at radius 3 is 3.07 bits per heavy atom. The van der Waals surface area contributed by atoms with Gasteiger partial charge in [-0.05, 0) is 16.3 Å². The van der Waals surface area contributed by atoms with E-state index in [4.69, 9.17) is 5.11 Å². The summed E-state index contributed by atoms with van der Waals surface area (Å²) in [5, 5.41) is 19.6. The number of aliphatic hydroxyl groups excluding tert-OH is 1. The quantitative estimate of drug-likeness (QED) is 0.341. The van der Waals surface area contributed by atoms with Crippen LogP contribution in [0.4, 0.5) is 5.82 Å². The zero-order valence-electron chi connectivity index (χ0n) is 7.71. The average molecular weight is 217 g/mol. The lowest BCUT2D eigenvalue weighted by molar-refractivity contribution is -0.392. The van der Waals surface area contributed by atoms with Crippen molar-refractivity contribution in [3.63, 3.8) is 0 Å². The molecule has 0 atom stereocenters. The molecule has 0 aliphatic carbocycles. The molecule has 1 rings (SSSR count). The summed E-state index contributed by atoms with van der Waals surface area (Å²) in [6.07, 6.45) is 2.03. The SMILES string of the molecule is Cn1cnc([N+](=O)[O-])c1SCCCO. The molecule has 0 saturated carbocycles. The third-order valence-electron chi connectivity index (χ3n) is 1.58. The second-order valence-corrected chi connectivity index (χ2v) is 3.75. The van der Waals surface area contributed by atoms with Crippen LogP contribution in [0.2, 0.25) is 0 Å². The van der Waals surface area contributed by atoms with E-state index in [2.05, 4.69) is 4.98 Å². The van der Waals surface area contributed by atoms with Crippen LogP contribution in [0, 0.1) is 10.1 Å². The molecule has 0 unspecified atom stereocenters. The van der Waals surface area contributed by atoms with Crippen molar-refractivity contribution in [1.82, 2.24) is 9.55 Å². The predicted octanol–water partition coefficient (Wildman–Crippen LogP) is 0.803. The number of aliphatic hydroxyl groups is 1. The van der Waals surface area contributed by atoms with Crippen molar-refractivity contribution in [2.24, 2.45) is 7.05 Å². The lowest BCUT2D eigenvalue weighted by Gasteiger charge is -1.99. The van der Waals surface area contributed by atoms with Crippen molar-refractivity contribution in [2.45, 2.75) is 11.4 Å². The van der Waals surface area contributed by atoms with Gasteiger partial charge in [-0.15, -0.1) is 0 Å². The number of thioether (sulfide) groups is 1. The van der Waals surface area contributed by atoms with Crippen LogP contribution in [-0.2, 0) is 7.05 Å². The van der Waals surface area contributed by atoms with Gasteiger partial charge in [-0.3, -0.25) is 0 Å². The van der Waals surface area contributed by atoms with Crippen molar-refractivity contribution < 1.29 is 10.0 Å². The number of hydrogen-bond acceptors (Lipinski definition) is 5. The molecule has 1 N–H and O–H groups in total. The number of hydrogen-bond donors (Lipinski definition) is 1. The monoisotopic (exact) mass is 217 g/mol. The topological polar surface area (TPSA) is 81.2 Å². The van der Waals surface area contributed by atoms with Gasteiger partial charge in [0.15, 0.2) is 5.03 Å². The van der Waals surface area contributed by atoms with Gasteiger partial charge >= 0.3 is 5.82 Å². The fourth-order valence-corrected chi connectivity index (χ4v) is 1.91. The molecular weight excluding hydrogens is 206 g/mol. The van der Waals surface area contributed by atoms with Crippen LogP contribution < -0.4 is 0 Å². The van der Waals surface area contributed by atoms with Crippen LogP contribution in [0.25, 0.3) is 0 Å². The maximum Gasteiger partial charge on any atom is 0.395 e. The highest BCUT2D eigenvalue weighted by Crippen LogP contribution is 2.27. The minimum Gasteiger partial charge on any atom is -0.396 e. The Bertz CT molecular complexity index is 326. The van der Waals surface area contributed by atoms with Crippen LogP contribution >= 0.6 is 11.8 Å². The Labute approximate surface area is 85.1 Å². The maximum atomic E-state index is 10.5. The highest BCUT2D eigenvalue weighted by molar-refractivity contribution is 7.99. The van der Waals surface area contributed by atoms with Crippen LogP contribution in [0.1, 0.15) is 6.42 Å². The van der Waals surface area contributed by atoms with Gasteiger partial charge in [0.25, 0.3) is 0 Å². The molecule has 0 aromatic carbocycles. The largest absolute Gasteiger partial charge is 0.396 e. The molecule has 7 heteroatoms. The van der Waals surface area contributed by atoms with Gasteiger partial charge in [-0.2, -0.15) is 0 Å². The van der Waals surface area contributed by atoms with Crippen molar-refractivity contribution in [1.29, 1.82) is 0 Å². The molecule has 0 saturated heterocycles. The molecule has 0 aliphatic rings. The van der Waals surface area contributed by atoms with Crippen molar-refractivity contribution >= 4 is 17.6 Å². The number of nitro groups is 1.